The van der Waals surface area contributed by atoms with E-state index in [0.717, 1.165) is 10.6 Å². The van der Waals surface area contributed by atoms with Crippen LogP contribution in [0.5, 0.6) is 5.75 Å². The molecule has 0 saturated carbocycles. The van der Waals surface area contributed by atoms with Crippen LogP contribution in [-0.4, -0.2) is 110 Å². The molecule has 3 fully saturated rings. The van der Waals surface area contributed by atoms with E-state index in [1.807, 2.05) is 77.7 Å². The van der Waals surface area contributed by atoms with Crippen molar-refractivity contribution >= 4 is 46.8 Å². The van der Waals surface area contributed by atoms with Crippen LogP contribution in [0.4, 0.5) is 21.9 Å². The van der Waals surface area contributed by atoms with Crippen molar-refractivity contribution in [2.24, 2.45) is 11.8 Å². The molecule has 0 bridgehead atoms. The number of aliphatic hydroxyl groups is 2. The van der Waals surface area contributed by atoms with E-state index < -0.39 is 77.3 Å². The highest BCUT2D eigenvalue weighted by atomic mass is 16.6. The first-order valence-electron chi connectivity index (χ1n) is 24.1. The lowest BCUT2D eigenvalue weighted by Crippen LogP contribution is -2.57. The van der Waals surface area contributed by atoms with Gasteiger partial charge in [0, 0.05) is 42.0 Å². The number of hydrogen-bond donors (Lipinski definition) is 4. The molecule has 0 aromatic heterocycles. The molecule has 16 heteroatoms. The molecule has 5 aromatic carbocycles. The average Bonchev–Trinajstić information content (AvgIpc) is 3.86. The van der Waals surface area contributed by atoms with Gasteiger partial charge in [-0.05, 0) is 71.1 Å². The summed E-state index contributed by atoms with van der Waals surface area (Å²) < 4.78 is 23.6. The number of aliphatic hydroxyl groups excluding tert-OH is 2. The van der Waals surface area contributed by atoms with Crippen LogP contribution in [0.1, 0.15) is 66.3 Å². The number of para-hydroxylation sites is 1. The lowest BCUT2D eigenvalue weighted by molar-refractivity contribution is -0.178. The van der Waals surface area contributed by atoms with Gasteiger partial charge in [-0.15, -0.1) is 0 Å². The number of methoxy groups -OCH3 is 1. The molecule has 4 aliphatic heterocycles. The van der Waals surface area contributed by atoms with Crippen LogP contribution in [0, 0.1) is 23.7 Å². The zero-order valence-electron chi connectivity index (χ0n) is 40.2. The lowest BCUT2D eigenvalue weighted by Gasteiger charge is -2.46. The number of rotatable bonds is 13. The average molecular weight is 976 g/mol. The summed E-state index contributed by atoms with van der Waals surface area (Å²) in [6.45, 7) is 5.24. The number of esters is 2. The Labute approximate surface area is 417 Å². The first kappa shape index (κ1) is 49.4. The number of amides is 4. The van der Waals surface area contributed by atoms with Crippen LogP contribution in [0.25, 0.3) is 0 Å². The molecule has 0 unspecified atom stereocenters. The number of ether oxygens (including phenoxy) is 4. The van der Waals surface area contributed by atoms with Crippen molar-refractivity contribution in [2.45, 2.75) is 56.0 Å². The van der Waals surface area contributed by atoms with Crippen molar-refractivity contribution in [3.05, 3.63) is 155 Å². The molecule has 4 aliphatic rings. The SMILES string of the molecule is COC(=O)[C@@H](NC(=O)N1C(=O)[C@@]2(c3cc(C#CCCO)ccc31)[C@H](C(=O)Nc1ccc(N3CCOCC3)cc1)[C@H]1C(=O)O[C@H](c3ccccc3)[C@H](c3ccccc3)N1[C@@H]2c1ccccc1OCCO)C(C)C. The van der Waals surface area contributed by atoms with Gasteiger partial charge >= 0.3 is 18.0 Å². The fourth-order valence-electron chi connectivity index (χ4n) is 10.8. The van der Waals surface area contributed by atoms with Crippen LogP contribution in [0.15, 0.2) is 127 Å². The van der Waals surface area contributed by atoms with E-state index in [1.54, 1.807) is 68.4 Å². The highest BCUT2D eigenvalue weighted by Gasteiger charge is 2.76. The topological polar surface area (TPSA) is 197 Å². The molecule has 72 heavy (non-hydrogen) atoms. The summed E-state index contributed by atoms with van der Waals surface area (Å²) in [6, 6.07) is 31.8. The van der Waals surface area contributed by atoms with Gasteiger partial charge in [-0.1, -0.05) is 105 Å². The number of benzene rings is 5. The van der Waals surface area contributed by atoms with Gasteiger partial charge in [-0.3, -0.25) is 19.3 Å². The third kappa shape index (κ3) is 9.05. The smallest absolute Gasteiger partial charge is 0.329 e. The first-order valence-corrected chi connectivity index (χ1v) is 24.1. The predicted molar refractivity (Wildman–Crippen MR) is 267 cm³/mol. The van der Waals surface area contributed by atoms with Crippen molar-refractivity contribution in [1.82, 2.24) is 10.2 Å². The maximum absolute atomic E-state index is 16.8. The van der Waals surface area contributed by atoms with Crippen LogP contribution in [-0.2, 0) is 38.8 Å². The van der Waals surface area contributed by atoms with Gasteiger partial charge in [0.25, 0.3) is 0 Å². The third-order valence-electron chi connectivity index (χ3n) is 13.9. The van der Waals surface area contributed by atoms with Gasteiger partial charge in [0.05, 0.1) is 57.2 Å². The minimum atomic E-state index is -2.20. The normalized spacial score (nSPS) is 22.8. The van der Waals surface area contributed by atoms with Gasteiger partial charge in [-0.25, -0.2) is 14.5 Å². The van der Waals surface area contributed by atoms with E-state index in [9.17, 15) is 15.0 Å². The molecule has 3 saturated heterocycles. The number of nitrogens with one attached hydrogen (secondary N) is 2. The molecule has 1 spiro atoms. The molecule has 9 rings (SSSR count). The fourth-order valence-corrected chi connectivity index (χ4v) is 10.8. The van der Waals surface area contributed by atoms with Crippen molar-refractivity contribution in [1.29, 1.82) is 0 Å². The Bertz CT molecular complexity index is 2860. The summed E-state index contributed by atoms with van der Waals surface area (Å²) in [5.41, 5.74) is 1.46. The molecular weight excluding hydrogens is 919 g/mol. The maximum atomic E-state index is 16.8. The number of carbonyl (C=O) groups is 5. The van der Waals surface area contributed by atoms with E-state index in [1.165, 1.54) is 7.11 Å². The molecule has 0 aliphatic carbocycles. The number of hydrogen-bond acceptors (Lipinski definition) is 13. The summed E-state index contributed by atoms with van der Waals surface area (Å²) in [5.74, 6) is 1.01. The van der Waals surface area contributed by atoms with Gasteiger partial charge in [-0.2, -0.15) is 0 Å². The first-order chi connectivity index (χ1) is 35.0. The molecular formula is C56H57N5O11. The number of fused-ring (bicyclic) bond motifs is 3. The third-order valence-corrected chi connectivity index (χ3v) is 13.9. The van der Waals surface area contributed by atoms with Gasteiger partial charge in [0.15, 0.2) is 0 Å². The van der Waals surface area contributed by atoms with Crippen LogP contribution in [0.2, 0.25) is 0 Å². The Hall–Kier alpha value is -7.55. The van der Waals surface area contributed by atoms with Gasteiger partial charge in [0.2, 0.25) is 11.8 Å². The van der Waals surface area contributed by atoms with E-state index in [4.69, 9.17) is 18.9 Å². The largest absolute Gasteiger partial charge is 0.491 e. The van der Waals surface area contributed by atoms with Crippen molar-refractivity contribution in [3.8, 4) is 17.6 Å². The van der Waals surface area contributed by atoms with Crippen molar-refractivity contribution in [2.75, 3.05) is 68.4 Å². The van der Waals surface area contributed by atoms with Crippen LogP contribution in [0.3, 0.4) is 0 Å². The Morgan fingerprint density at radius 3 is 2.18 bits per heavy atom. The highest BCUT2D eigenvalue weighted by molar-refractivity contribution is 6.25. The minimum Gasteiger partial charge on any atom is -0.491 e. The zero-order valence-corrected chi connectivity index (χ0v) is 40.2. The van der Waals surface area contributed by atoms with Crippen LogP contribution < -0.4 is 25.2 Å². The van der Waals surface area contributed by atoms with Crippen molar-refractivity contribution in [3.63, 3.8) is 0 Å². The fraction of sp³-hybridized carbons (Fsp3) is 0.339. The summed E-state index contributed by atoms with van der Waals surface area (Å²) in [4.78, 5) is 81.8. The maximum Gasteiger partial charge on any atom is 0.329 e. The molecule has 5 aromatic rings. The summed E-state index contributed by atoms with van der Waals surface area (Å²) in [5, 5.41) is 25.7. The predicted octanol–water partition coefficient (Wildman–Crippen LogP) is 5.84. The second-order valence-corrected chi connectivity index (χ2v) is 18.4. The van der Waals surface area contributed by atoms with Gasteiger partial charge in [0.1, 0.15) is 36.0 Å². The summed E-state index contributed by atoms with van der Waals surface area (Å²) in [6.07, 6.45) is -0.857. The lowest BCUT2D eigenvalue weighted by atomic mass is 9.65. The summed E-state index contributed by atoms with van der Waals surface area (Å²) >= 11 is 0. The monoisotopic (exact) mass is 975 g/mol. The molecule has 0 radical (unpaired) electrons. The Kier molecular flexibility index (Phi) is 14.7. The molecule has 4 heterocycles. The molecule has 4 N–H and O–H groups in total. The Morgan fingerprint density at radius 2 is 1.51 bits per heavy atom. The van der Waals surface area contributed by atoms with Crippen molar-refractivity contribution < 1.29 is 53.1 Å². The van der Waals surface area contributed by atoms with E-state index >= 15 is 19.2 Å². The zero-order chi connectivity index (χ0) is 50.5. The molecule has 16 nitrogen and oxygen atoms in total. The number of anilines is 3. The standard InChI is InChI=1S/C56H57N5O11/c1-35(2)46(52(65)69-3)58-55(68)60-43-26-21-36(14-12-13-29-62)34-42(43)56(54(60)67)45(51(64)57-39-22-24-40(25-23-39)59-27-31-70-32-28-59)48-53(66)72-49(38-17-8-5-9-18-38)47(37-15-6-4-7-16-37)61(48)50(56)41-19-10-11-20-44(41)71-33-30-63/h4-11,15-26,34-35,45-50,62-63H,13,27-33H2,1-3H3,(H,57,64)(H,58,68)/t45-,46-,47-,48-,49+,50+,56-/m0/s1. The van der Waals surface area contributed by atoms with Crippen LogP contribution >= 0.6 is 0 Å². The summed E-state index contributed by atoms with van der Waals surface area (Å²) in [7, 11) is 1.20. The second-order valence-electron chi connectivity index (χ2n) is 18.4. The Morgan fingerprint density at radius 1 is 0.833 bits per heavy atom. The number of morpholine rings is 2. The highest BCUT2D eigenvalue weighted by Crippen LogP contribution is 2.66. The quantitative estimate of drug-likeness (QED) is 0.0813. The number of imide groups is 1. The van der Waals surface area contributed by atoms with E-state index in [0.29, 0.717) is 54.2 Å². The molecule has 4 amide bonds. The van der Waals surface area contributed by atoms with Gasteiger partial charge < -0.3 is 44.7 Å². The number of urea groups is 1. The number of cyclic esters (lactones) is 1. The molecule has 372 valence electrons. The Balaban J connectivity index is 1.34. The second kappa shape index (κ2) is 21.4. The molecule has 7 atom stereocenters. The number of carbonyl (C=O) groups excluding carboxylic acids is 5. The minimum absolute atomic E-state index is 0.0769. The van der Waals surface area contributed by atoms with E-state index in [-0.39, 0.29) is 43.2 Å². The van der Waals surface area contributed by atoms with E-state index in [2.05, 4.69) is 27.4 Å². The number of nitrogens with zero attached hydrogens (tertiary/aromatic N) is 3.